The second-order valence-corrected chi connectivity index (χ2v) is 15.7. The Bertz CT molecular complexity index is 1450. The number of hydrogen-bond donors (Lipinski definition) is 10. The second kappa shape index (κ2) is 18.3. The van der Waals surface area contributed by atoms with Gasteiger partial charge in [-0.3, -0.25) is 23.4 Å². The number of phosphoric ester groups is 2. The SMILES string of the molecule is CCN(CC)CC.O=c1[nH]c(=O)n([C@@H]2O[C@H](COP(=O)(O)OP(=O)(O)OP(=O)(O)O[C@H]3O[C@H](CO)[C@@H](O)[C@H](O)[C@H]3O)[C@@H](O)[C@H]2O)cc1I. The largest absolute Gasteiger partial charge is 0.490 e. The highest BCUT2D eigenvalue weighted by atomic mass is 127. The third kappa shape index (κ3) is 12.0. The summed E-state index contributed by atoms with van der Waals surface area (Å²) in [6, 6.07) is 0. The molecule has 2 aliphatic heterocycles. The fourth-order valence-corrected chi connectivity index (χ4v) is 8.21. The van der Waals surface area contributed by atoms with Crippen LogP contribution in [-0.4, -0.2) is 142 Å². The van der Waals surface area contributed by atoms with Crippen molar-refractivity contribution >= 4 is 46.1 Å². The van der Waals surface area contributed by atoms with Crippen LogP contribution in [0.4, 0.5) is 0 Å². The molecule has 0 radical (unpaired) electrons. The molecule has 2 aliphatic rings. The molecule has 1 aromatic heterocycles. The van der Waals surface area contributed by atoms with Crippen LogP contribution in [0.25, 0.3) is 0 Å². The monoisotopic (exact) mass is 873 g/mol. The Morgan fingerprint density at radius 1 is 0.833 bits per heavy atom. The molecule has 3 rings (SSSR count). The number of H-pyrrole nitrogens is 1. The van der Waals surface area contributed by atoms with Gasteiger partial charge in [-0.25, -0.2) is 18.5 Å². The first-order valence-corrected chi connectivity index (χ1v) is 19.5. The summed E-state index contributed by atoms with van der Waals surface area (Å²) in [6.45, 7) is 8.02. The highest BCUT2D eigenvalue weighted by Crippen LogP contribution is 2.68. The molecule has 280 valence electrons. The van der Waals surface area contributed by atoms with E-state index >= 15 is 0 Å². The number of aliphatic hydroxyl groups excluding tert-OH is 6. The lowest BCUT2D eigenvalue weighted by atomic mass is 10.00. The van der Waals surface area contributed by atoms with E-state index < -0.39 is 103 Å². The number of aromatic nitrogens is 2. The minimum absolute atomic E-state index is 0.00385. The quantitative estimate of drug-likeness (QED) is 0.0670. The van der Waals surface area contributed by atoms with Gasteiger partial charge < -0.3 is 59.7 Å². The molecular weight excluding hydrogens is 834 g/mol. The fourth-order valence-electron chi connectivity index (χ4n) is 4.19. The third-order valence-corrected chi connectivity index (χ3v) is 11.8. The van der Waals surface area contributed by atoms with E-state index in [-0.39, 0.29) is 3.57 Å². The molecule has 3 heterocycles. The molecule has 23 nitrogen and oxygen atoms in total. The molecular formula is C21H39IN3O20P3. The lowest BCUT2D eigenvalue weighted by Gasteiger charge is -2.39. The molecule has 0 aliphatic carbocycles. The number of aliphatic hydroxyl groups is 6. The maximum atomic E-state index is 12.2. The minimum Gasteiger partial charge on any atom is -0.394 e. The maximum absolute atomic E-state index is 12.2. The van der Waals surface area contributed by atoms with Gasteiger partial charge in [0.1, 0.15) is 42.7 Å². The number of ether oxygens (including phenoxy) is 2. The molecule has 0 saturated carbocycles. The number of rotatable bonds is 14. The van der Waals surface area contributed by atoms with Gasteiger partial charge in [0.05, 0.1) is 16.8 Å². The summed E-state index contributed by atoms with van der Waals surface area (Å²) >= 11 is 1.57. The van der Waals surface area contributed by atoms with Gasteiger partial charge in [0.25, 0.3) is 5.56 Å². The van der Waals surface area contributed by atoms with Crippen molar-refractivity contribution in [2.24, 2.45) is 0 Å². The number of hydrogen-bond acceptors (Lipinski definition) is 18. The Kier molecular flexibility index (Phi) is 16.6. The Morgan fingerprint density at radius 3 is 1.90 bits per heavy atom. The van der Waals surface area contributed by atoms with Gasteiger partial charge in [-0.2, -0.15) is 8.62 Å². The van der Waals surface area contributed by atoms with Crippen LogP contribution >= 0.6 is 46.1 Å². The number of nitrogens with one attached hydrogen (secondary N) is 1. The summed E-state index contributed by atoms with van der Waals surface area (Å²) in [4.78, 5) is 57.1. The van der Waals surface area contributed by atoms with Crippen LogP contribution in [-0.2, 0) is 40.8 Å². The van der Waals surface area contributed by atoms with E-state index in [2.05, 4.69) is 43.3 Å². The summed E-state index contributed by atoms with van der Waals surface area (Å²) in [5, 5.41) is 58.7. The van der Waals surface area contributed by atoms with Crippen LogP contribution < -0.4 is 11.2 Å². The molecule has 48 heavy (non-hydrogen) atoms. The van der Waals surface area contributed by atoms with Gasteiger partial charge in [-0.1, -0.05) is 20.8 Å². The van der Waals surface area contributed by atoms with Crippen molar-refractivity contribution in [2.45, 2.75) is 76.0 Å². The molecule has 10 N–H and O–H groups in total. The Labute approximate surface area is 285 Å². The highest BCUT2D eigenvalue weighted by molar-refractivity contribution is 14.1. The predicted molar refractivity (Wildman–Crippen MR) is 166 cm³/mol. The van der Waals surface area contributed by atoms with E-state index in [0.29, 0.717) is 4.57 Å². The molecule has 0 aromatic carbocycles. The van der Waals surface area contributed by atoms with Crippen molar-refractivity contribution in [2.75, 3.05) is 32.8 Å². The van der Waals surface area contributed by atoms with E-state index in [0.717, 1.165) is 6.20 Å². The topological polar surface area (TPSA) is 347 Å². The standard InChI is InChI=1S/C15H24IN2O20P3.C6H15N/c16-4-1-18(15(26)17-12(4)25)13-10(23)8(21)6(34-13)3-33-39(27,28)37-41(31,32)38-40(29,30)36-14-11(24)9(22)7(20)5(2-19)35-14;1-4-7(5-2)6-3/h1,5-11,13-14,19-24H,2-3H2,(H,27,28)(H,29,30)(H,31,32)(H,17,25,26);4-6H2,1-3H3/t5-,6-,7-,8-,9+,10-,11-,13-,14-;/m1./s1. The van der Waals surface area contributed by atoms with Crippen LogP contribution in [0.2, 0.25) is 0 Å². The van der Waals surface area contributed by atoms with E-state index in [4.69, 9.17) is 14.6 Å². The van der Waals surface area contributed by atoms with Crippen LogP contribution in [0.15, 0.2) is 15.8 Å². The van der Waals surface area contributed by atoms with E-state index in [1.54, 1.807) is 22.6 Å². The van der Waals surface area contributed by atoms with Gasteiger partial charge in [0.15, 0.2) is 12.5 Å². The fraction of sp³-hybridized carbons (Fsp3) is 0.810. The van der Waals surface area contributed by atoms with Gasteiger partial charge in [-0.05, 0) is 42.2 Å². The summed E-state index contributed by atoms with van der Waals surface area (Å²) < 4.78 is 63.7. The molecule has 0 bridgehead atoms. The van der Waals surface area contributed by atoms with Crippen molar-refractivity contribution in [1.82, 2.24) is 14.5 Å². The summed E-state index contributed by atoms with van der Waals surface area (Å²) in [5.74, 6) is 0. The third-order valence-electron chi connectivity index (χ3n) is 6.78. The Balaban J connectivity index is 0.00000103. The van der Waals surface area contributed by atoms with E-state index in [1.165, 1.54) is 19.6 Å². The molecule has 0 spiro atoms. The molecule has 27 heteroatoms. The van der Waals surface area contributed by atoms with Gasteiger partial charge in [-0.15, -0.1) is 0 Å². The average Bonchev–Trinajstić information content (AvgIpc) is 3.26. The lowest BCUT2D eigenvalue weighted by molar-refractivity contribution is -0.280. The Morgan fingerprint density at radius 2 is 1.38 bits per heavy atom. The summed E-state index contributed by atoms with van der Waals surface area (Å²) in [5.41, 5.74) is -1.79. The van der Waals surface area contributed by atoms with Gasteiger partial charge in [0, 0.05) is 6.20 Å². The van der Waals surface area contributed by atoms with Crippen LogP contribution in [0, 0.1) is 3.57 Å². The molecule has 2 saturated heterocycles. The second-order valence-electron chi connectivity index (χ2n) is 9.98. The number of aromatic amines is 1. The van der Waals surface area contributed by atoms with E-state index in [9.17, 15) is 63.5 Å². The van der Waals surface area contributed by atoms with Crippen molar-refractivity contribution in [1.29, 1.82) is 0 Å². The number of phosphoric acid groups is 3. The number of nitrogens with zero attached hydrogens (tertiary/aromatic N) is 2. The highest BCUT2D eigenvalue weighted by Gasteiger charge is 2.50. The zero-order chi connectivity index (χ0) is 36.8. The molecule has 1 aromatic rings. The normalized spacial score (nSPS) is 32.9. The van der Waals surface area contributed by atoms with Crippen LogP contribution in [0.3, 0.4) is 0 Å². The van der Waals surface area contributed by atoms with Gasteiger partial charge in [0.2, 0.25) is 0 Å². The average molecular weight is 873 g/mol. The van der Waals surface area contributed by atoms with Gasteiger partial charge >= 0.3 is 29.2 Å². The first kappa shape index (κ1) is 43.6. The maximum Gasteiger partial charge on any atom is 0.490 e. The molecule has 12 atom stereocenters. The Hall–Kier alpha value is -0.540. The molecule has 2 fully saturated rings. The van der Waals surface area contributed by atoms with Crippen molar-refractivity contribution < 1.29 is 86.2 Å². The summed E-state index contributed by atoms with van der Waals surface area (Å²) in [6.07, 6.45) is -16.2. The molecule has 3 unspecified atom stereocenters. The van der Waals surface area contributed by atoms with Crippen molar-refractivity contribution in [3.8, 4) is 0 Å². The molecule has 0 amide bonds. The smallest absolute Gasteiger partial charge is 0.394 e. The van der Waals surface area contributed by atoms with Crippen LogP contribution in [0.1, 0.15) is 27.0 Å². The van der Waals surface area contributed by atoms with Crippen molar-refractivity contribution in [3.05, 3.63) is 30.6 Å². The first-order chi connectivity index (χ1) is 22.1. The zero-order valence-corrected chi connectivity index (χ0v) is 30.3. The number of halogens is 1. The zero-order valence-electron chi connectivity index (χ0n) is 25.4. The van der Waals surface area contributed by atoms with Crippen molar-refractivity contribution in [3.63, 3.8) is 0 Å². The lowest BCUT2D eigenvalue weighted by Crippen LogP contribution is -2.58. The van der Waals surface area contributed by atoms with E-state index in [1.807, 2.05) is 4.98 Å². The first-order valence-electron chi connectivity index (χ1n) is 13.9. The predicted octanol–water partition coefficient (Wildman–Crippen LogP) is -2.72. The van der Waals surface area contributed by atoms with Crippen LogP contribution in [0.5, 0.6) is 0 Å². The summed E-state index contributed by atoms with van der Waals surface area (Å²) in [7, 11) is -17.6. The minimum atomic E-state index is -6.05.